The summed E-state index contributed by atoms with van der Waals surface area (Å²) >= 11 is 0. The van der Waals surface area contributed by atoms with Crippen molar-refractivity contribution in [3.8, 4) is 22.5 Å². The average Bonchev–Trinajstić information content (AvgIpc) is 3.55. The number of unbranched alkanes of at least 4 members (excludes halogenated alkanes) is 1. The number of carbonyl (C=O) groups excluding carboxylic acids is 1. The third kappa shape index (κ3) is 7.47. The Morgan fingerprint density at radius 2 is 1.79 bits per heavy atom. The molecule has 4 rings (SSSR count). The van der Waals surface area contributed by atoms with Crippen LogP contribution in [0.4, 0.5) is 4.79 Å². The van der Waals surface area contributed by atoms with Gasteiger partial charge in [-0.05, 0) is 55.5 Å². The van der Waals surface area contributed by atoms with Crippen molar-refractivity contribution < 1.29 is 9.53 Å². The number of H-pyrrole nitrogens is 1. The number of nitrogens with zero attached hydrogens (tertiary/aromatic N) is 6. The van der Waals surface area contributed by atoms with Gasteiger partial charge in [-0.25, -0.2) is 14.5 Å². The van der Waals surface area contributed by atoms with Gasteiger partial charge in [0.25, 0.3) is 0 Å². The van der Waals surface area contributed by atoms with Crippen LogP contribution in [0.1, 0.15) is 64.2 Å². The third-order valence-corrected chi connectivity index (χ3v) is 5.90. The standard InChI is InChI=1S/C28H36N8O2/c1-5-6-12-24-30-25(13-9-18-29-27(37)38-28(2,3)4)36(33-24)19-20-14-16-21(17-15-20)22-10-7-8-11-23(22)26-31-34-35-32-26/h7-8,10-11,14-17H,5-6,9,12-13,18-19H2,1-4H3,(H,29,37)(H,31,32,34,35). The first kappa shape index (κ1) is 27.0. The highest BCUT2D eigenvalue weighted by atomic mass is 16.6. The van der Waals surface area contributed by atoms with E-state index >= 15 is 0 Å². The second-order valence-corrected chi connectivity index (χ2v) is 10.2. The zero-order valence-corrected chi connectivity index (χ0v) is 22.6. The topological polar surface area (TPSA) is 124 Å². The number of amides is 1. The lowest BCUT2D eigenvalue weighted by Gasteiger charge is -2.19. The summed E-state index contributed by atoms with van der Waals surface area (Å²) in [6, 6.07) is 16.5. The van der Waals surface area contributed by atoms with Crippen molar-refractivity contribution in [2.24, 2.45) is 0 Å². The molecule has 10 nitrogen and oxygen atoms in total. The first-order chi connectivity index (χ1) is 18.3. The molecule has 2 heterocycles. The van der Waals surface area contributed by atoms with E-state index in [0.29, 0.717) is 25.3 Å². The summed E-state index contributed by atoms with van der Waals surface area (Å²) in [6.45, 7) is 8.87. The largest absolute Gasteiger partial charge is 0.444 e. The number of alkyl carbamates (subject to hydrolysis) is 1. The molecule has 10 heteroatoms. The summed E-state index contributed by atoms with van der Waals surface area (Å²) in [5.74, 6) is 2.36. The summed E-state index contributed by atoms with van der Waals surface area (Å²) in [4.78, 5) is 16.8. The van der Waals surface area contributed by atoms with Crippen LogP contribution in [0.5, 0.6) is 0 Å². The van der Waals surface area contributed by atoms with Crippen LogP contribution in [0.3, 0.4) is 0 Å². The van der Waals surface area contributed by atoms with Crippen LogP contribution < -0.4 is 5.32 Å². The van der Waals surface area contributed by atoms with Gasteiger partial charge in [-0.15, -0.1) is 10.2 Å². The monoisotopic (exact) mass is 516 g/mol. The Balaban J connectivity index is 1.44. The fraction of sp³-hybridized carbons (Fsp3) is 0.429. The lowest BCUT2D eigenvalue weighted by molar-refractivity contribution is 0.0527. The molecule has 4 aromatic rings. The van der Waals surface area contributed by atoms with Gasteiger partial charge in [0.05, 0.1) is 6.54 Å². The minimum atomic E-state index is -0.511. The number of rotatable bonds is 11. The van der Waals surface area contributed by atoms with Gasteiger partial charge in [-0.3, -0.25) is 0 Å². The Hall–Kier alpha value is -4.08. The van der Waals surface area contributed by atoms with E-state index in [1.807, 2.05) is 43.7 Å². The van der Waals surface area contributed by atoms with Crippen molar-refractivity contribution in [2.75, 3.05) is 6.54 Å². The van der Waals surface area contributed by atoms with E-state index in [1.165, 1.54) is 0 Å². The van der Waals surface area contributed by atoms with Gasteiger partial charge in [0, 0.05) is 24.9 Å². The first-order valence-electron chi connectivity index (χ1n) is 13.1. The van der Waals surface area contributed by atoms with Gasteiger partial charge < -0.3 is 10.1 Å². The summed E-state index contributed by atoms with van der Waals surface area (Å²) in [5.41, 5.74) is 3.66. The SMILES string of the molecule is CCCCc1nc(CCCNC(=O)OC(C)(C)C)n(Cc2ccc(-c3ccccc3-c3nn[nH]n3)cc2)n1. The molecular formula is C28H36N8O2. The number of tetrazole rings is 1. The predicted molar refractivity (Wildman–Crippen MR) is 145 cm³/mol. The van der Waals surface area contributed by atoms with Crippen LogP contribution >= 0.6 is 0 Å². The van der Waals surface area contributed by atoms with Crippen molar-refractivity contribution in [2.45, 2.75) is 71.9 Å². The van der Waals surface area contributed by atoms with Crippen molar-refractivity contribution in [1.82, 2.24) is 40.7 Å². The maximum absolute atomic E-state index is 11.9. The molecule has 0 saturated heterocycles. The molecule has 2 aromatic heterocycles. The highest BCUT2D eigenvalue weighted by Gasteiger charge is 2.16. The Morgan fingerprint density at radius 1 is 1.03 bits per heavy atom. The fourth-order valence-electron chi connectivity index (χ4n) is 4.10. The predicted octanol–water partition coefficient (Wildman–Crippen LogP) is 4.97. The van der Waals surface area contributed by atoms with Gasteiger partial charge in [0.15, 0.2) is 5.82 Å². The Morgan fingerprint density at radius 3 is 2.47 bits per heavy atom. The molecule has 0 atom stereocenters. The van der Waals surface area contributed by atoms with Crippen molar-refractivity contribution >= 4 is 6.09 Å². The van der Waals surface area contributed by atoms with Crippen LogP contribution in [0, 0.1) is 0 Å². The smallest absolute Gasteiger partial charge is 0.407 e. The zero-order chi connectivity index (χ0) is 27.0. The molecule has 0 unspecified atom stereocenters. The van der Waals surface area contributed by atoms with Crippen LogP contribution in [0.2, 0.25) is 0 Å². The molecule has 0 spiro atoms. The number of ether oxygens (including phenoxy) is 1. The molecule has 0 aliphatic rings. The minimum absolute atomic E-state index is 0.399. The number of benzene rings is 2. The van der Waals surface area contributed by atoms with E-state index in [0.717, 1.165) is 59.6 Å². The number of aromatic amines is 1. The van der Waals surface area contributed by atoms with Gasteiger partial charge in [-0.2, -0.15) is 10.3 Å². The lowest BCUT2D eigenvalue weighted by atomic mass is 9.98. The summed E-state index contributed by atoms with van der Waals surface area (Å²) in [6.07, 6.45) is 4.07. The van der Waals surface area contributed by atoms with Crippen molar-refractivity contribution in [3.05, 3.63) is 65.7 Å². The molecule has 0 aliphatic heterocycles. The van der Waals surface area contributed by atoms with Gasteiger partial charge in [0.1, 0.15) is 11.4 Å². The molecule has 2 aromatic carbocycles. The lowest BCUT2D eigenvalue weighted by Crippen LogP contribution is -2.33. The summed E-state index contributed by atoms with van der Waals surface area (Å²) in [7, 11) is 0. The maximum Gasteiger partial charge on any atom is 0.407 e. The molecule has 0 aliphatic carbocycles. The molecule has 0 bridgehead atoms. The summed E-state index contributed by atoms with van der Waals surface area (Å²) in [5, 5.41) is 22.1. The highest BCUT2D eigenvalue weighted by Crippen LogP contribution is 2.29. The van der Waals surface area contributed by atoms with Crippen LogP contribution in [0.15, 0.2) is 48.5 Å². The van der Waals surface area contributed by atoms with Crippen molar-refractivity contribution in [1.29, 1.82) is 0 Å². The molecule has 38 heavy (non-hydrogen) atoms. The normalized spacial score (nSPS) is 11.5. The number of hydrogen-bond donors (Lipinski definition) is 2. The van der Waals surface area contributed by atoms with E-state index in [1.54, 1.807) is 0 Å². The molecule has 1 amide bonds. The van der Waals surface area contributed by atoms with Gasteiger partial charge >= 0.3 is 6.09 Å². The molecule has 0 radical (unpaired) electrons. The third-order valence-electron chi connectivity index (χ3n) is 5.90. The number of carbonyl (C=O) groups is 1. The molecule has 0 saturated carbocycles. The van der Waals surface area contributed by atoms with E-state index in [-0.39, 0.29) is 0 Å². The maximum atomic E-state index is 11.9. The Kier molecular flexibility index (Phi) is 8.83. The van der Waals surface area contributed by atoms with Crippen molar-refractivity contribution in [3.63, 3.8) is 0 Å². The van der Waals surface area contributed by atoms with E-state index < -0.39 is 11.7 Å². The second-order valence-electron chi connectivity index (χ2n) is 10.2. The van der Waals surface area contributed by atoms with Gasteiger partial charge in [0.2, 0.25) is 5.82 Å². The van der Waals surface area contributed by atoms with Crippen LogP contribution in [-0.4, -0.2) is 53.6 Å². The van der Waals surface area contributed by atoms with Gasteiger partial charge in [-0.1, -0.05) is 61.9 Å². The molecule has 0 fully saturated rings. The number of nitrogens with one attached hydrogen (secondary N) is 2. The quantitative estimate of drug-likeness (QED) is 0.270. The molecule has 200 valence electrons. The Bertz CT molecular complexity index is 1310. The number of aryl methyl sites for hydroxylation is 2. The Labute approximate surface area is 223 Å². The number of hydrogen-bond acceptors (Lipinski definition) is 7. The zero-order valence-electron chi connectivity index (χ0n) is 22.6. The second kappa shape index (κ2) is 12.4. The average molecular weight is 517 g/mol. The summed E-state index contributed by atoms with van der Waals surface area (Å²) < 4.78 is 7.30. The number of aromatic nitrogens is 7. The minimum Gasteiger partial charge on any atom is -0.444 e. The molecular weight excluding hydrogens is 480 g/mol. The fourth-order valence-corrected chi connectivity index (χ4v) is 4.10. The van der Waals surface area contributed by atoms with E-state index in [2.05, 4.69) is 63.2 Å². The van der Waals surface area contributed by atoms with E-state index in [9.17, 15) is 4.79 Å². The van der Waals surface area contributed by atoms with Crippen LogP contribution in [0.25, 0.3) is 22.5 Å². The van der Waals surface area contributed by atoms with E-state index in [4.69, 9.17) is 14.8 Å². The highest BCUT2D eigenvalue weighted by molar-refractivity contribution is 5.80. The van der Waals surface area contributed by atoms with Crippen LogP contribution in [-0.2, 0) is 24.1 Å². The molecule has 2 N–H and O–H groups in total. The first-order valence-corrected chi connectivity index (χ1v) is 13.1.